The second-order valence-electron chi connectivity index (χ2n) is 11.2. The second-order valence-corrected chi connectivity index (χ2v) is 11.2. The van der Waals surface area contributed by atoms with E-state index in [4.69, 9.17) is 4.74 Å². The van der Waals surface area contributed by atoms with Gasteiger partial charge in [0.25, 0.3) is 5.56 Å². The zero-order valence-corrected chi connectivity index (χ0v) is 21.6. The Morgan fingerprint density at radius 1 is 1.24 bits per heavy atom. The molecule has 0 unspecified atom stereocenters. The molecule has 192 valence electrons. The normalized spacial score (nSPS) is 21.3. The lowest BCUT2D eigenvalue weighted by Crippen LogP contribution is -2.44. The minimum absolute atomic E-state index is 0.0138. The van der Waals surface area contributed by atoms with E-state index in [1.807, 2.05) is 53.1 Å². The van der Waals surface area contributed by atoms with Crippen LogP contribution in [0.3, 0.4) is 0 Å². The molecular weight excluding hydrogens is 472 g/mol. The number of phenolic OH excluding ortho intramolecular Hbond substituents is 1. The molecule has 1 aliphatic heterocycles. The molecule has 0 radical (unpaired) electrons. The molecule has 4 heterocycles. The maximum Gasteiger partial charge on any atom is 0.410 e. The van der Waals surface area contributed by atoms with E-state index in [0.29, 0.717) is 40.8 Å². The molecule has 2 aliphatic rings. The summed E-state index contributed by atoms with van der Waals surface area (Å²) in [6.45, 7) is 7.99. The molecule has 10 heteroatoms. The Bertz CT molecular complexity index is 1630. The van der Waals surface area contributed by atoms with Crippen molar-refractivity contribution in [1.82, 2.24) is 29.2 Å². The van der Waals surface area contributed by atoms with Gasteiger partial charge in [-0.05, 0) is 58.6 Å². The number of pyridine rings is 1. The average Bonchev–Trinajstić information content (AvgIpc) is 3.54. The van der Waals surface area contributed by atoms with Crippen LogP contribution in [0.1, 0.15) is 45.2 Å². The van der Waals surface area contributed by atoms with E-state index in [1.165, 1.54) is 0 Å². The van der Waals surface area contributed by atoms with Crippen LogP contribution in [0.5, 0.6) is 5.75 Å². The van der Waals surface area contributed by atoms with E-state index in [-0.39, 0.29) is 35.4 Å². The average molecular weight is 503 g/mol. The molecule has 1 N–H and O–H groups in total. The molecule has 3 aromatic heterocycles. The fraction of sp³-hybridized carbons (Fsp3) is 0.444. The minimum Gasteiger partial charge on any atom is -0.507 e. The van der Waals surface area contributed by atoms with E-state index in [9.17, 15) is 14.7 Å². The molecule has 1 aromatic carbocycles. The number of aromatic nitrogens is 5. The number of hydrogen-bond acceptors (Lipinski definition) is 7. The number of piperidine rings is 1. The first-order valence-electron chi connectivity index (χ1n) is 12.5. The number of phenols is 1. The van der Waals surface area contributed by atoms with Gasteiger partial charge < -0.3 is 19.3 Å². The third-order valence-electron chi connectivity index (χ3n) is 7.53. The van der Waals surface area contributed by atoms with Crippen LogP contribution in [-0.4, -0.2) is 58.6 Å². The summed E-state index contributed by atoms with van der Waals surface area (Å²) in [6, 6.07) is 3.73. The van der Waals surface area contributed by atoms with Gasteiger partial charge in [-0.15, -0.1) is 0 Å². The number of ether oxygens (including phenoxy) is 1. The highest BCUT2D eigenvalue weighted by molar-refractivity contribution is 5.90. The van der Waals surface area contributed by atoms with Gasteiger partial charge >= 0.3 is 6.09 Å². The largest absolute Gasteiger partial charge is 0.507 e. The van der Waals surface area contributed by atoms with Crippen LogP contribution >= 0.6 is 0 Å². The van der Waals surface area contributed by atoms with Crippen molar-refractivity contribution in [3.8, 4) is 17.1 Å². The van der Waals surface area contributed by atoms with E-state index in [2.05, 4.69) is 15.1 Å². The van der Waals surface area contributed by atoms with Gasteiger partial charge in [0, 0.05) is 55.2 Å². The van der Waals surface area contributed by atoms with Crippen molar-refractivity contribution in [3.63, 3.8) is 0 Å². The summed E-state index contributed by atoms with van der Waals surface area (Å²) < 4.78 is 9.04. The fourth-order valence-electron chi connectivity index (χ4n) is 5.86. The quantitative estimate of drug-likeness (QED) is 0.442. The zero-order chi connectivity index (χ0) is 26.2. The van der Waals surface area contributed by atoms with Crippen LogP contribution in [0.25, 0.3) is 33.2 Å². The summed E-state index contributed by atoms with van der Waals surface area (Å²) in [5.74, 6) is 0.623. The molecule has 37 heavy (non-hydrogen) atoms. The smallest absolute Gasteiger partial charge is 0.410 e. The van der Waals surface area contributed by atoms with Gasteiger partial charge in [0.2, 0.25) is 0 Å². The number of carbonyl (C=O) groups is 1. The van der Waals surface area contributed by atoms with E-state index in [1.54, 1.807) is 26.5 Å². The van der Waals surface area contributed by atoms with Crippen LogP contribution < -0.4 is 5.56 Å². The maximum absolute atomic E-state index is 13.5. The zero-order valence-electron chi connectivity index (χ0n) is 21.6. The van der Waals surface area contributed by atoms with Crippen molar-refractivity contribution >= 4 is 27.9 Å². The van der Waals surface area contributed by atoms with Crippen molar-refractivity contribution in [2.24, 2.45) is 13.0 Å². The van der Waals surface area contributed by atoms with E-state index < -0.39 is 5.60 Å². The molecule has 1 saturated carbocycles. The number of rotatable bonds is 2. The van der Waals surface area contributed by atoms with Crippen molar-refractivity contribution < 1.29 is 14.6 Å². The molecule has 1 saturated heterocycles. The number of amides is 1. The fourth-order valence-corrected chi connectivity index (χ4v) is 5.86. The number of aromatic hydroxyl groups is 1. The first-order valence-corrected chi connectivity index (χ1v) is 12.5. The number of nitrogens with zero attached hydrogens (tertiary/aromatic N) is 6. The minimum atomic E-state index is -0.536. The number of aryl methyl sites for hydroxylation is 2. The highest BCUT2D eigenvalue weighted by atomic mass is 16.6. The van der Waals surface area contributed by atoms with Gasteiger partial charge in [-0.1, -0.05) is 0 Å². The van der Waals surface area contributed by atoms with Gasteiger partial charge in [-0.2, -0.15) is 5.10 Å². The molecule has 2 bridgehead atoms. The summed E-state index contributed by atoms with van der Waals surface area (Å²) in [6.07, 6.45) is 6.50. The van der Waals surface area contributed by atoms with Crippen molar-refractivity contribution in [2.75, 3.05) is 6.54 Å². The lowest BCUT2D eigenvalue weighted by Gasteiger charge is -2.33. The molecule has 0 spiro atoms. The van der Waals surface area contributed by atoms with Crippen LogP contribution in [0.4, 0.5) is 4.79 Å². The lowest BCUT2D eigenvalue weighted by molar-refractivity contribution is 0.0165. The van der Waals surface area contributed by atoms with Gasteiger partial charge in [-0.25, -0.2) is 14.8 Å². The molecule has 4 aromatic rings. The van der Waals surface area contributed by atoms with Crippen LogP contribution in [-0.2, 0) is 11.8 Å². The Morgan fingerprint density at radius 2 is 2.03 bits per heavy atom. The SMILES string of the molecule is Cc1c(O)c(-c2ncc3c(=O)n([C@H]4C[C@@H]5C[C@H]4CN5C(=O)OC(C)(C)C)ccc3n2)cc2cn(C)nc12. The van der Waals surface area contributed by atoms with Crippen LogP contribution in [0.15, 0.2) is 35.5 Å². The monoisotopic (exact) mass is 502 g/mol. The molecule has 10 nitrogen and oxygen atoms in total. The van der Waals surface area contributed by atoms with Crippen molar-refractivity contribution in [2.45, 2.75) is 58.2 Å². The molecule has 1 aliphatic carbocycles. The third kappa shape index (κ3) is 3.82. The summed E-state index contributed by atoms with van der Waals surface area (Å²) in [4.78, 5) is 36.9. The molecular formula is C27H30N6O4. The van der Waals surface area contributed by atoms with Gasteiger partial charge in [0.05, 0.1) is 22.0 Å². The predicted molar refractivity (Wildman–Crippen MR) is 138 cm³/mol. The topological polar surface area (TPSA) is 115 Å². The van der Waals surface area contributed by atoms with Gasteiger partial charge in [-0.3, -0.25) is 9.48 Å². The Hall–Kier alpha value is -3.95. The van der Waals surface area contributed by atoms with Gasteiger partial charge in [0.1, 0.15) is 11.4 Å². The molecule has 3 atom stereocenters. The van der Waals surface area contributed by atoms with Gasteiger partial charge in [0.15, 0.2) is 5.82 Å². The van der Waals surface area contributed by atoms with E-state index in [0.717, 1.165) is 17.3 Å². The summed E-state index contributed by atoms with van der Waals surface area (Å²) >= 11 is 0. The van der Waals surface area contributed by atoms with E-state index >= 15 is 0 Å². The third-order valence-corrected chi connectivity index (χ3v) is 7.53. The number of benzene rings is 1. The van der Waals surface area contributed by atoms with Crippen LogP contribution in [0, 0.1) is 12.8 Å². The Morgan fingerprint density at radius 3 is 2.73 bits per heavy atom. The molecule has 2 fully saturated rings. The summed E-state index contributed by atoms with van der Waals surface area (Å²) in [5, 5.41) is 16.5. The number of fused-ring (bicyclic) bond motifs is 4. The van der Waals surface area contributed by atoms with Crippen molar-refractivity contribution in [1.29, 1.82) is 0 Å². The number of carbonyl (C=O) groups excluding carboxylic acids is 1. The Kier molecular flexibility index (Phi) is 5.09. The summed E-state index contributed by atoms with van der Waals surface area (Å²) in [7, 11) is 1.83. The number of likely N-dealkylation sites (tertiary alicyclic amines) is 1. The highest BCUT2D eigenvalue weighted by Gasteiger charge is 2.48. The van der Waals surface area contributed by atoms with Crippen molar-refractivity contribution in [3.05, 3.63) is 46.6 Å². The molecule has 1 amide bonds. The first kappa shape index (κ1) is 23.4. The first-order chi connectivity index (χ1) is 17.5. The van der Waals surface area contributed by atoms with Crippen LogP contribution in [0.2, 0.25) is 0 Å². The predicted octanol–water partition coefficient (Wildman–Crippen LogP) is 3.93. The number of hydrogen-bond donors (Lipinski definition) is 1. The lowest BCUT2D eigenvalue weighted by atomic mass is 10.0. The standard InChI is InChI=1S/C27H30N6O4/c1-14-22-16(12-31(5)30-22)9-18(23(14)34)24-28-11-19-20(29-24)6-7-32(25(19)35)21-10-17-8-15(21)13-33(17)26(36)37-27(2,3)4/h6-7,9,11-12,15,17,21,34H,8,10,13H2,1-5H3/t15-,17-,21-/m0/s1. The maximum atomic E-state index is 13.5. The Balaban J connectivity index is 1.30. The Labute approximate surface area is 213 Å². The second kappa shape index (κ2) is 8.03. The highest BCUT2D eigenvalue weighted by Crippen LogP contribution is 2.45. The summed E-state index contributed by atoms with van der Waals surface area (Å²) in [5.41, 5.74) is 1.72. The molecule has 6 rings (SSSR count).